The van der Waals surface area contributed by atoms with E-state index in [2.05, 4.69) is 0 Å². The summed E-state index contributed by atoms with van der Waals surface area (Å²) in [7, 11) is -1.44. The molecule has 1 aromatic rings. The molecule has 3 N–H and O–H groups in total. The predicted molar refractivity (Wildman–Crippen MR) is 54.5 cm³/mol. The van der Waals surface area contributed by atoms with Gasteiger partial charge in [-0.3, -0.25) is 0 Å². The van der Waals surface area contributed by atoms with Crippen LogP contribution in [0, 0.1) is 6.92 Å². The summed E-state index contributed by atoms with van der Waals surface area (Å²) >= 11 is 0. The van der Waals surface area contributed by atoms with Gasteiger partial charge in [0.05, 0.1) is 0 Å². The molecule has 0 saturated heterocycles. The number of benzene rings is 1. The molecule has 5 heteroatoms. The van der Waals surface area contributed by atoms with Gasteiger partial charge >= 0.3 is 14.0 Å². The van der Waals surface area contributed by atoms with Crippen molar-refractivity contribution in [3.05, 3.63) is 23.8 Å². The maximum atomic E-state index is 9.31. The lowest BCUT2D eigenvalue weighted by atomic mass is 9.61. The summed E-state index contributed by atoms with van der Waals surface area (Å²) in [6, 6.07) is 4.96. The molecule has 1 aromatic carbocycles. The molecule has 0 aromatic heterocycles. The van der Waals surface area contributed by atoms with Gasteiger partial charge < -0.3 is 15.1 Å². The Morgan fingerprint density at radius 3 is 2.15 bits per heavy atom. The van der Waals surface area contributed by atoms with Crippen LogP contribution in [0.4, 0.5) is 0 Å². The highest BCUT2D eigenvalue weighted by Crippen LogP contribution is 1.94. The van der Waals surface area contributed by atoms with Gasteiger partial charge in [-0.05, 0) is 17.8 Å². The molecule has 0 amide bonds. The highest BCUT2D eigenvalue weighted by molar-refractivity contribution is 6.65. The topological polar surface area (TPSA) is 60.7 Å². The van der Waals surface area contributed by atoms with Crippen LogP contribution < -0.4 is 10.9 Å². The van der Waals surface area contributed by atoms with Gasteiger partial charge in [0, 0.05) is 0 Å². The Kier molecular flexibility index (Phi) is 3.14. The zero-order valence-electron chi connectivity index (χ0n) is 7.73. The molecule has 0 aliphatic heterocycles. The molecule has 13 heavy (non-hydrogen) atoms. The van der Waals surface area contributed by atoms with Gasteiger partial charge in [-0.25, -0.2) is 0 Å². The van der Waals surface area contributed by atoms with E-state index in [-0.39, 0.29) is 0 Å². The highest BCUT2D eigenvalue weighted by atomic mass is 16.4. The number of hydrogen-bond acceptors (Lipinski definition) is 3. The first-order valence-corrected chi connectivity index (χ1v) is 4.17. The first-order valence-electron chi connectivity index (χ1n) is 4.17. The van der Waals surface area contributed by atoms with E-state index in [4.69, 9.17) is 10.0 Å². The molecule has 0 aliphatic rings. The Morgan fingerprint density at radius 2 is 1.77 bits per heavy atom. The molecule has 0 spiro atoms. The molecule has 3 nitrogen and oxygen atoms in total. The Balaban J connectivity index is 3.06. The summed E-state index contributed by atoms with van der Waals surface area (Å²) < 4.78 is 0. The van der Waals surface area contributed by atoms with Crippen molar-refractivity contribution in [2.75, 3.05) is 0 Å². The minimum Gasteiger partial charge on any atom is -0.446 e. The lowest BCUT2D eigenvalue weighted by Crippen LogP contribution is -2.35. The fourth-order valence-electron chi connectivity index (χ4n) is 1.33. The van der Waals surface area contributed by atoms with Gasteiger partial charge in [-0.1, -0.05) is 30.6 Å². The Labute approximate surface area is 78.3 Å². The number of aryl methyl sites for hydroxylation is 1. The van der Waals surface area contributed by atoms with Crippen molar-refractivity contribution in [1.29, 1.82) is 0 Å². The van der Waals surface area contributed by atoms with Gasteiger partial charge in [0.15, 0.2) is 0 Å². The fraction of sp³-hybridized carbons (Fsp3) is 0.250. The van der Waals surface area contributed by atoms with E-state index in [0.29, 0.717) is 5.46 Å². The van der Waals surface area contributed by atoms with Crippen molar-refractivity contribution in [3.63, 3.8) is 0 Å². The van der Waals surface area contributed by atoms with Crippen LogP contribution in [0.3, 0.4) is 0 Å². The van der Waals surface area contributed by atoms with Crippen molar-refractivity contribution in [2.24, 2.45) is 0 Å². The standard InChI is InChI=1S/C8H12B2O3/c1-6-5-7(10(12)13)3-4-8(6)9(2)11/h3-5,11-13H,1-2H3. The van der Waals surface area contributed by atoms with Gasteiger partial charge in [-0.2, -0.15) is 0 Å². The van der Waals surface area contributed by atoms with E-state index < -0.39 is 14.0 Å². The first-order chi connectivity index (χ1) is 6.02. The molecule has 68 valence electrons. The van der Waals surface area contributed by atoms with Crippen LogP contribution in [-0.4, -0.2) is 29.1 Å². The second-order valence-corrected chi connectivity index (χ2v) is 3.17. The quantitative estimate of drug-likeness (QED) is 0.482. The molecule has 0 saturated carbocycles. The molecule has 0 radical (unpaired) electrons. The van der Waals surface area contributed by atoms with E-state index in [1.54, 1.807) is 25.0 Å². The average molecular weight is 178 g/mol. The average Bonchev–Trinajstić information content (AvgIpc) is 2.03. The third-order valence-corrected chi connectivity index (χ3v) is 2.04. The van der Waals surface area contributed by atoms with E-state index in [9.17, 15) is 5.02 Å². The summed E-state index contributed by atoms with van der Waals surface area (Å²) in [6.07, 6.45) is 0. The smallest absolute Gasteiger partial charge is 0.446 e. The molecule has 0 bridgehead atoms. The van der Waals surface area contributed by atoms with Crippen LogP contribution in [0.1, 0.15) is 5.56 Å². The number of rotatable bonds is 2. The van der Waals surface area contributed by atoms with E-state index in [1.165, 1.54) is 0 Å². The third kappa shape index (κ3) is 2.34. The minimum atomic E-state index is -1.44. The van der Waals surface area contributed by atoms with Crippen LogP contribution in [0.2, 0.25) is 6.82 Å². The SMILES string of the molecule is CB(O)c1ccc(B(O)O)cc1C. The van der Waals surface area contributed by atoms with E-state index in [0.717, 1.165) is 11.0 Å². The highest BCUT2D eigenvalue weighted by Gasteiger charge is 2.14. The van der Waals surface area contributed by atoms with Crippen molar-refractivity contribution < 1.29 is 15.1 Å². The van der Waals surface area contributed by atoms with Crippen molar-refractivity contribution in [3.8, 4) is 0 Å². The van der Waals surface area contributed by atoms with Crippen molar-refractivity contribution >= 4 is 25.0 Å². The molecule has 0 heterocycles. The molecule has 0 atom stereocenters. The molecule has 1 rings (SSSR count). The lowest BCUT2D eigenvalue weighted by Gasteiger charge is -2.07. The van der Waals surface area contributed by atoms with Gasteiger partial charge in [0.1, 0.15) is 0 Å². The molecule has 0 unspecified atom stereocenters. The van der Waals surface area contributed by atoms with Crippen molar-refractivity contribution in [2.45, 2.75) is 13.7 Å². The predicted octanol–water partition coefficient (Wildman–Crippen LogP) is -1.50. The van der Waals surface area contributed by atoms with Crippen LogP contribution in [-0.2, 0) is 0 Å². The minimum absolute atomic E-state index is 0.446. The Morgan fingerprint density at radius 1 is 1.15 bits per heavy atom. The fourth-order valence-corrected chi connectivity index (χ4v) is 1.33. The summed E-state index contributed by atoms with van der Waals surface area (Å²) in [6.45, 7) is 2.98. The summed E-state index contributed by atoms with van der Waals surface area (Å²) in [4.78, 5) is 0. The Hall–Kier alpha value is -0.770. The van der Waals surface area contributed by atoms with E-state index in [1.807, 2.05) is 6.92 Å². The maximum absolute atomic E-state index is 9.31. The molecular weight excluding hydrogens is 166 g/mol. The number of hydrogen-bond donors (Lipinski definition) is 3. The molecule has 0 fully saturated rings. The zero-order valence-corrected chi connectivity index (χ0v) is 7.73. The van der Waals surface area contributed by atoms with Crippen LogP contribution in [0.15, 0.2) is 18.2 Å². The van der Waals surface area contributed by atoms with Crippen LogP contribution in [0.25, 0.3) is 0 Å². The summed E-state index contributed by atoms with van der Waals surface area (Å²) in [5, 5.41) is 27.1. The van der Waals surface area contributed by atoms with Crippen LogP contribution >= 0.6 is 0 Å². The summed E-state index contributed by atoms with van der Waals surface area (Å²) in [5.74, 6) is 0. The zero-order chi connectivity index (χ0) is 10.0. The maximum Gasteiger partial charge on any atom is 0.488 e. The third-order valence-electron chi connectivity index (χ3n) is 2.04. The molecular formula is C8H12B2O3. The lowest BCUT2D eigenvalue weighted by molar-refractivity contribution is 0.425. The van der Waals surface area contributed by atoms with Gasteiger partial charge in [-0.15, -0.1) is 0 Å². The van der Waals surface area contributed by atoms with E-state index >= 15 is 0 Å². The summed E-state index contributed by atoms with van der Waals surface area (Å²) in [5.41, 5.74) is 2.12. The molecule has 0 aliphatic carbocycles. The monoisotopic (exact) mass is 178 g/mol. The van der Waals surface area contributed by atoms with Gasteiger partial charge in [0.2, 0.25) is 0 Å². The van der Waals surface area contributed by atoms with Gasteiger partial charge in [0.25, 0.3) is 0 Å². The Bertz CT molecular complexity index is 299. The largest absolute Gasteiger partial charge is 0.488 e. The first kappa shape index (κ1) is 10.3. The normalized spacial score (nSPS) is 9.92. The second-order valence-electron chi connectivity index (χ2n) is 3.17. The second kappa shape index (κ2) is 3.96. The van der Waals surface area contributed by atoms with Crippen LogP contribution in [0.5, 0.6) is 0 Å². The van der Waals surface area contributed by atoms with Crippen molar-refractivity contribution in [1.82, 2.24) is 0 Å².